The van der Waals surface area contributed by atoms with Gasteiger partial charge >= 0.3 is 0 Å². The lowest BCUT2D eigenvalue weighted by Gasteiger charge is -2.17. The van der Waals surface area contributed by atoms with Crippen LogP contribution in [0.1, 0.15) is 27.2 Å². The molecule has 0 fully saturated rings. The van der Waals surface area contributed by atoms with E-state index in [9.17, 15) is 13.6 Å². The van der Waals surface area contributed by atoms with Crippen LogP contribution >= 0.6 is 11.8 Å². The largest absolute Gasteiger partial charge is 0.326 e. The minimum atomic E-state index is -2.42. The maximum atomic E-state index is 12.1. The zero-order valence-electron chi connectivity index (χ0n) is 10.7. The molecule has 2 nitrogen and oxygen atoms in total. The average molecular weight is 273 g/mol. The normalized spacial score (nSPS) is 11.7. The molecule has 0 spiro atoms. The molecule has 0 saturated carbocycles. The van der Waals surface area contributed by atoms with Crippen LogP contribution in [0.3, 0.4) is 0 Å². The fourth-order valence-corrected chi connectivity index (χ4v) is 1.91. The quantitative estimate of drug-likeness (QED) is 0.825. The summed E-state index contributed by atoms with van der Waals surface area (Å²) in [6.45, 7) is 5.94. The molecule has 1 N–H and O–H groups in total. The highest BCUT2D eigenvalue weighted by Gasteiger charge is 2.15. The van der Waals surface area contributed by atoms with Crippen molar-refractivity contribution in [2.45, 2.75) is 37.8 Å². The lowest BCUT2D eigenvalue weighted by atomic mass is 9.92. The second kappa shape index (κ2) is 6.18. The van der Waals surface area contributed by atoms with Gasteiger partial charge in [-0.25, -0.2) is 0 Å². The molecule has 1 aromatic rings. The lowest BCUT2D eigenvalue weighted by molar-refractivity contribution is -0.117. The van der Waals surface area contributed by atoms with E-state index in [1.807, 2.05) is 20.8 Å². The third-order valence-electron chi connectivity index (χ3n) is 2.05. The van der Waals surface area contributed by atoms with Crippen LogP contribution in [0, 0.1) is 5.41 Å². The number of nitrogens with one attached hydrogen (secondary N) is 1. The predicted octanol–water partition coefficient (Wildman–Crippen LogP) is 4.38. The Morgan fingerprint density at radius 2 is 1.83 bits per heavy atom. The third kappa shape index (κ3) is 6.00. The van der Waals surface area contributed by atoms with E-state index in [-0.39, 0.29) is 11.3 Å². The number of carbonyl (C=O) groups is 1. The summed E-state index contributed by atoms with van der Waals surface area (Å²) in [5, 5.41) is 2.74. The lowest BCUT2D eigenvalue weighted by Crippen LogP contribution is -2.19. The summed E-state index contributed by atoms with van der Waals surface area (Å²) >= 11 is 0.490. The highest BCUT2D eigenvalue weighted by Crippen LogP contribution is 2.26. The number of thioether (sulfide) groups is 1. The average Bonchev–Trinajstić information content (AvgIpc) is 2.17. The van der Waals surface area contributed by atoms with Crippen molar-refractivity contribution in [3.05, 3.63) is 24.3 Å². The Kier molecular flexibility index (Phi) is 5.14. The molecule has 0 aliphatic rings. The Morgan fingerprint density at radius 3 is 2.28 bits per heavy atom. The van der Waals surface area contributed by atoms with Crippen molar-refractivity contribution in [3.8, 4) is 0 Å². The van der Waals surface area contributed by atoms with Crippen LogP contribution in [0.4, 0.5) is 14.5 Å². The fourth-order valence-electron chi connectivity index (χ4n) is 1.41. The SMILES string of the molecule is CC(C)(C)CC(=O)Nc1ccc(SC(F)F)cc1. The molecular formula is C13H17F2NOS. The summed E-state index contributed by atoms with van der Waals surface area (Å²) in [5.74, 6) is -2.50. The number of alkyl halides is 2. The first-order valence-electron chi connectivity index (χ1n) is 5.61. The number of hydrogen-bond acceptors (Lipinski definition) is 2. The van der Waals surface area contributed by atoms with Gasteiger partial charge in [0.2, 0.25) is 5.91 Å². The standard InChI is InChI=1S/C13H17F2NOS/c1-13(2,3)8-11(17)16-9-4-6-10(7-5-9)18-12(14)15/h4-7,12H,8H2,1-3H3,(H,16,17). The first kappa shape index (κ1) is 15.0. The topological polar surface area (TPSA) is 29.1 Å². The summed E-state index contributed by atoms with van der Waals surface area (Å²) in [7, 11) is 0. The highest BCUT2D eigenvalue weighted by atomic mass is 32.2. The molecule has 100 valence electrons. The van der Waals surface area contributed by atoms with Gasteiger partial charge in [-0.3, -0.25) is 4.79 Å². The summed E-state index contributed by atoms with van der Waals surface area (Å²) in [5.41, 5.74) is 0.554. The number of amides is 1. The molecule has 5 heteroatoms. The molecule has 18 heavy (non-hydrogen) atoms. The minimum Gasteiger partial charge on any atom is -0.326 e. The second-order valence-corrected chi connectivity index (χ2v) is 6.25. The molecule has 0 aliphatic heterocycles. The Bertz CT molecular complexity index is 398. The number of benzene rings is 1. The first-order valence-corrected chi connectivity index (χ1v) is 6.49. The molecule has 0 unspecified atom stereocenters. The van der Waals surface area contributed by atoms with Gasteiger partial charge in [0, 0.05) is 17.0 Å². The van der Waals surface area contributed by atoms with Crippen LogP contribution < -0.4 is 5.32 Å². The van der Waals surface area contributed by atoms with Crippen molar-refractivity contribution in [3.63, 3.8) is 0 Å². The van der Waals surface area contributed by atoms with Crippen molar-refractivity contribution in [2.24, 2.45) is 5.41 Å². The first-order chi connectivity index (χ1) is 8.26. The molecule has 0 aliphatic carbocycles. The molecule has 0 saturated heterocycles. The smallest absolute Gasteiger partial charge is 0.288 e. The third-order valence-corrected chi connectivity index (χ3v) is 2.78. The van der Waals surface area contributed by atoms with Crippen molar-refractivity contribution < 1.29 is 13.6 Å². The van der Waals surface area contributed by atoms with Gasteiger partial charge in [-0.1, -0.05) is 32.5 Å². The van der Waals surface area contributed by atoms with E-state index in [4.69, 9.17) is 0 Å². The van der Waals surface area contributed by atoms with Gasteiger partial charge in [-0.15, -0.1) is 0 Å². The molecule has 1 rings (SSSR count). The van der Waals surface area contributed by atoms with E-state index in [2.05, 4.69) is 5.32 Å². The van der Waals surface area contributed by atoms with E-state index in [0.29, 0.717) is 28.8 Å². The van der Waals surface area contributed by atoms with Crippen LogP contribution in [0.2, 0.25) is 0 Å². The van der Waals surface area contributed by atoms with Gasteiger partial charge in [-0.05, 0) is 29.7 Å². The van der Waals surface area contributed by atoms with Crippen LogP contribution in [-0.4, -0.2) is 11.7 Å². The van der Waals surface area contributed by atoms with Crippen molar-refractivity contribution in [2.75, 3.05) is 5.32 Å². The number of hydrogen-bond donors (Lipinski definition) is 1. The number of halogens is 2. The summed E-state index contributed by atoms with van der Waals surface area (Å²) in [6.07, 6.45) is 0.417. The van der Waals surface area contributed by atoms with Crippen LogP contribution in [-0.2, 0) is 4.79 Å². The zero-order valence-corrected chi connectivity index (χ0v) is 11.5. The van der Waals surface area contributed by atoms with Gasteiger partial charge < -0.3 is 5.32 Å². The predicted molar refractivity (Wildman–Crippen MR) is 71.0 cm³/mol. The van der Waals surface area contributed by atoms with Crippen molar-refractivity contribution in [1.29, 1.82) is 0 Å². The van der Waals surface area contributed by atoms with Gasteiger partial charge in [0.15, 0.2) is 0 Å². The Labute approximate surface area is 110 Å². The van der Waals surface area contributed by atoms with E-state index < -0.39 is 5.76 Å². The molecule has 0 aromatic heterocycles. The summed E-state index contributed by atoms with van der Waals surface area (Å²) < 4.78 is 24.2. The molecule has 0 atom stereocenters. The van der Waals surface area contributed by atoms with E-state index in [1.54, 1.807) is 24.3 Å². The number of carbonyl (C=O) groups excluding carboxylic acids is 1. The molecule has 0 heterocycles. The molecule has 1 aromatic carbocycles. The summed E-state index contributed by atoms with van der Waals surface area (Å²) in [6, 6.07) is 6.41. The van der Waals surface area contributed by atoms with Gasteiger partial charge in [0.1, 0.15) is 0 Å². The van der Waals surface area contributed by atoms with Crippen molar-refractivity contribution >= 4 is 23.4 Å². The van der Waals surface area contributed by atoms with Crippen LogP contribution in [0.15, 0.2) is 29.2 Å². The van der Waals surface area contributed by atoms with Crippen LogP contribution in [0.25, 0.3) is 0 Å². The Balaban J connectivity index is 2.56. The highest BCUT2D eigenvalue weighted by molar-refractivity contribution is 7.99. The van der Waals surface area contributed by atoms with Gasteiger partial charge in [0.25, 0.3) is 5.76 Å². The minimum absolute atomic E-state index is 0.0724. The Hall–Kier alpha value is -1.10. The molecule has 0 radical (unpaired) electrons. The van der Waals surface area contributed by atoms with Crippen LogP contribution in [0.5, 0.6) is 0 Å². The van der Waals surface area contributed by atoms with E-state index >= 15 is 0 Å². The second-order valence-electron chi connectivity index (χ2n) is 5.19. The van der Waals surface area contributed by atoms with Crippen molar-refractivity contribution in [1.82, 2.24) is 0 Å². The molecular weight excluding hydrogens is 256 g/mol. The van der Waals surface area contributed by atoms with E-state index in [0.717, 1.165) is 0 Å². The summed E-state index contributed by atoms with van der Waals surface area (Å²) in [4.78, 5) is 12.1. The zero-order chi connectivity index (χ0) is 13.8. The fraction of sp³-hybridized carbons (Fsp3) is 0.462. The molecule has 0 bridgehead atoms. The molecule has 1 amide bonds. The Morgan fingerprint density at radius 1 is 1.28 bits per heavy atom. The van der Waals surface area contributed by atoms with E-state index in [1.165, 1.54) is 0 Å². The van der Waals surface area contributed by atoms with Gasteiger partial charge in [-0.2, -0.15) is 8.78 Å². The van der Waals surface area contributed by atoms with Gasteiger partial charge in [0.05, 0.1) is 0 Å². The maximum Gasteiger partial charge on any atom is 0.288 e. The number of anilines is 1. The maximum absolute atomic E-state index is 12.1. The monoisotopic (exact) mass is 273 g/mol. The number of rotatable bonds is 4.